The molecule has 0 aliphatic rings. The first-order chi connectivity index (χ1) is 9.90. The lowest BCUT2D eigenvalue weighted by molar-refractivity contribution is -0.384. The molecule has 7 nitrogen and oxygen atoms in total. The highest BCUT2D eigenvalue weighted by atomic mass is 79.9. The average molecular weight is 352 g/mol. The number of hydrogen-bond donors (Lipinski definition) is 2. The number of aromatic nitrogens is 1. The molecular formula is C13H10BrN3O4. The van der Waals surface area contributed by atoms with Crippen molar-refractivity contribution in [3.63, 3.8) is 0 Å². The fourth-order valence-corrected chi connectivity index (χ4v) is 2.04. The van der Waals surface area contributed by atoms with Gasteiger partial charge in [0, 0.05) is 16.7 Å². The number of rotatable bonds is 4. The predicted molar refractivity (Wildman–Crippen MR) is 80.0 cm³/mol. The van der Waals surface area contributed by atoms with Crippen LogP contribution in [0.2, 0.25) is 0 Å². The van der Waals surface area contributed by atoms with Crippen molar-refractivity contribution in [2.24, 2.45) is 0 Å². The molecule has 0 fully saturated rings. The molecule has 0 bridgehead atoms. The quantitative estimate of drug-likeness (QED) is 0.644. The summed E-state index contributed by atoms with van der Waals surface area (Å²) in [7, 11) is 0. The second-order valence-corrected chi connectivity index (χ2v) is 5.01. The second kappa shape index (κ2) is 5.88. The molecule has 0 atom stereocenters. The van der Waals surface area contributed by atoms with Crippen LogP contribution in [0.1, 0.15) is 15.9 Å². The first kappa shape index (κ1) is 14.9. The van der Waals surface area contributed by atoms with Gasteiger partial charge in [-0.05, 0) is 34.5 Å². The molecule has 1 aromatic heterocycles. The molecule has 0 unspecified atom stereocenters. The predicted octanol–water partition coefficient (Wildman–Crippen LogP) is 3.50. The molecule has 2 rings (SSSR count). The molecule has 108 valence electrons. The monoisotopic (exact) mass is 351 g/mol. The van der Waals surface area contributed by atoms with Gasteiger partial charge in [0.1, 0.15) is 0 Å². The van der Waals surface area contributed by atoms with Gasteiger partial charge in [0.2, 0.25) is 5.82 Å². The maximum atomic E-state index is 11.1. The van der Waals surface area contributed by atoms with Crippen LogP contribution in [-0.2, 0) is 0 Å². The van der Waals surface area contributed by atoms with Gasteiger partial charge >= 0.3 is 11.7 Å². The number of aryl methyl sites for hydroxylation is 1. The molecule has 0 saturated carbocycles. The van der Waals surface area contributed by atoms with E-state index in [9.17, 15) is 14.9 Å². The van der Waals surface area contributed by atoms with E-state index in [0.29, 0.717) is 5.69 Å². The zero-order valence-corrected chi connectivity index (χ0v) is 12.4. The second-order valence-electron chi connectivity index (χ2n) is 4.22. The van der Waals surface area contributed by atoms with E-state index in [1.807, 2.05) is 13.0 Å². The highest BCUT2D eigenvalue weighted by Gasteiger charge is 2.19. The van der Waals surface area contributed by atoms with Crippen molar-refractivity contribution in [3.8, 4) is 0 Å². The van der Waals surface area contributed by atoms with Gasteiger partial charge in [0.05, 0.1) is 16.2 Å². The molecule has 1 heterocycles. The van der Waals surface area contributed by atoms with Crippen molar-refractivity contribution in [2.45, 2.75) is 6.92 Å². The lowest BCUT2D eigenvalue weighted by atomic mass is 10.2. The van der Waals surface area contributed by atoms with Gasteiger partial charge < -0.3 is 10.4 Å². The Labute approximate surface area is 127 Å². The summed E-state index contributed by atoms with van der Waals surface area (Å²) in [6, 6.07) is 6.37. The van der Waals surface area contributed by atoms with E-state index in [0.717, 1.165) is 22.3 Å². The fraction of sp³-hybridized carbons (Fsp3) is 0.0769. The zero-order valence-electron chi connectivity index (χ0n) is 10.8. The van der Waals surface area contributed by atoms with E-state index in [4.69, 9.17) is 5.11 Å². The van der Waals surface area contributed by atoms with Gasteiger partial charge in [-0.25, -0.2) is 9.78 Å². The fourth-order valence-electron chi connectivity index (χ4n) is 1.68. The van der Waals surface area contributed by atoms with Crippen LogP contribution in [0.5, 0.6) is 0 Å². The number of carboxylic acid groups (broad SMARTS) is 1. The third kappa shape index (κ3) is 3.16. The third-order valence-corrected chi connectivity index (χ3v) is 3.81. The standard InChI is InChI=1S/C13H10BrN3O4/c1-7-3-2-4-9(11(7)14)16-12-10(17(20)21)5-8(6-15-12)13(18)19/h2-6H,1H3,(H,15,16)(H,18,19). The maximum absolute atomic E-state index is 11.1. The number of carbonyl (C=O) groups is 1. The minimum Gasteiger partial charge on any atom is -0.478 e. The summed E-state index contributed by atoms with van der Waals surface area (Å²) < 4.78 is 0.753. The van der Waals surface area contributed by atoms with Gasteiger partial charge in [0.15, 0.2) is 0 Å². The van der Waals surface area contributed by atoms with Crippen LogP contribution in [0.15, 0.2) is 34.9 Å². The Kier molecular flexibility index (Phi) is 4.18. The smallest absolute Gasteiger partial charge is 0.337 e. The van der Waals surface area contributed by atoms with Crippen LogP contribution in [0.3, 0.4) is 0 Å². The Morgan fingerprint density at radius 1 is 1.48 bits per heavy atom. The number of benzene rings is 1. The van der Waals surface area contributed by atoms with Gasteiger partial charge in [-0.15, -0.1) is 0 Å². The molecule has 0 spiro atoms. The largest absolute Gasteiger partial charge is 0.478 e. The summed E-state index contributed by atoms with van der Waals surface area (Å²) in [4.78, 5) is 25.1. The number of pyridine rings is 1. The molecule has 21 heavy (non-hydrogen) atoms. The van der Waals surface area contributed by atoms with Crippen LogP contribution in [0, 0.1) is 17.0 Å². The van der Waals surface area contributed by atoms with Crippen molar-refractivity contribution in [3.05, 3.63) is 56.2 Å². The highest BCUT2D eigenvalue weighted by Crippen LogP contribution is 2.31. The number of nitrogens with zero attached hydrogens (tertiary/aromatic N) is 2. The third-order valence-electron chi connectivity index (χ3n) is 2.76. The molecular weight excluding hydrogens is 342 g/mol. The summed E-state index contributed by atoms with van der Waals surface area (Å²) in [6.07, 6.45) is 1.07. The topological polar surface area (TPSA) is 105 Å². The van der Waals surface area contributed by atoms with Crippen LogP contribution in [0.25, 0.3) is 0 Å². The van der Waals surface area contributed by atoms with Gasteiger partial charge in [-0.1, -0.05) is 12.1 Å². The van der Waals surface area contributed by atoms with Gasteiger partial charge in [0.25, 0.3) is 0 Å². The van der Waals surface area contributed by atoms with Crippen LogP contribution in [-0.4, -0.2) is 21.0 Å². The molecule has 2 aromatic rings. The summed E-state index contributed by atoms with van der Waals surface area (Å²) >= 11 is 3.38. The molecule has 0 amide bonds. The van der Waals surface area contributed by atoms with E-state index in [2.05, 4.69) is 26.2 Å². The Bertz CT molecular complexity index is 733. The lowest BCUT2D eigenvalue weighted by Gasteiger charge is -2.10. The van der Waals surface area contributed by atoms with E-state index < -0.39 is 16.6 Å². The molecule has 0 radical (unpaired) electrons. The van der Waals surface area contributed by atoms with Crippen LogP contribution >= 0.6 is 15.9 Å². The van der Waals surface area contributed by atoms with Crippen LogP contribution < -0.4 is 5.32 Å². The summed E-state index contributed by atoms with van der Waals surface area (Å²) in [5, 5.41) is 22.8. The number of nitrogens with one attached hydrogen (secondary N) is 1. The molecule has 0 aliphatic heterocycles. The first-order valence-corrected chi connectivity index (χ1v) is 6.59. The van der Waals surface area contributed by atoms with E-state index in [-0.39, 0.29) is 11.4 Å². The van der Waals surface area contributed by atoms with E-state index in [1.54, 1.807) is 12.1 Å². The lowest BCUT2D eigenvalue weighted by Crippen LogP contribution is -2.04. The SMILES string of the molecule is Cc1cccc(Nc2ncc(C(=O)O)cc2[N+](=O)[O-])c1Br. The van der Waals surface area contributed by atoms with Crippen molar-refractivity contribution >= 4 is 39.1 Å². The number of anilines is 2. The number of aromatic carboxylic acids is 1. The molecule has 8 heteroatoms. The Morgan fingerprint density at radius 2 is 2.19 bits per heavy atom. The molecule has 2 N–H and O–H groups in total. The Balaban J connectivity index is 2.46. The number of hydrogen-bond acceptors (Lipinski definition) is 5. The van der Waals surface area contributed by atoms with Crippen molar-refractivity contribution < 1.29 is 14.8 Å². The Hall–Kier alpha value is -2.48. The van der Waals surface area contributed by atoms with Gasteiger partial charge in [-0.2, -0.15) is 0 Å². The highest BCUT2D eigenvalue weighted by molar-refractivity contribution is 9.10. The van der Waals surface area contributed by atoms with E-state index >= 15 is 0 Å². The Morgan fingerprint density at radius 3 is 2.81 bits per heavy atom. The summed E-state index contributed by atoms with van der Waals surface area (Å²) in [6.45, 7) is 1.88. The number of nitro groups is 1. The van der Waals surface area contributed by atoms with Crippen molar-refractivity contribution in [2.75, 3.05) is 5.32 Å². The van der Waals surface area contributed by atoms with Crippen molar-refractivity contribution in [1.82, 2.24) is 4.98 Å². The summed E-state index contributed by atoms with van der Waals surface area (Å²) in [5.41, 5.74) is 0.914. The van der Waals surface area contributed by atoms with Crippen molar-refractivity contribution in [1.29, 1.82) is 0 Å². The maximum Gasteiger partial charge on any atom is 0.337 e. The normalized spacial score (nSPS) is 10.2. The average Bonchev–Trinajstić information content (AvgIpc) is 2.43. The number of carboxylic acids is 1. The first-order valence-electron chi connectivity index (χ1n) is 5.80. The van der Waals surface area contributed by atoms with Gasteiger partial charge in [-0.3, -0.25) is 10.1 Å². The molecule has 0 aliphatic carbocycles. The minimum absolute atomic E-state index is 0.0173. The molecule has 0 saturated heterocycles. The minimum atomic E-state index is -1.27. The number of halogens is 1. The van der Waals surface area contributed by atoms with E-state index in [1.165, 1.54) is 0 Å². The summed E-state index contributed by atoms with van der Waals surface area (Å²) in [5.74, 6) is -1.29. The van der Waals surface area contributed by atoms with Crippen LogP contribution in [0.4, 0.5) is 17.2 Å². The molecule has 1 aromatic carbocycles. The zero-order chi connectivity index (χ0) is 15.6.